The fourth-order valence-electron chi connectivity index (χ4n) is 2.96. The van der Waals surface area contributed by atoms with Crippen molar-refractivity contribution in [3.05, 3.63) is 29.3 Å². The van der Waals surface area contributed by atoms with Crippen LogP contribution in [0.3, 0.4) is 0 Å². The fourth-order valence-corrected chi connectivity index (χ4v) is 2.96. The maximum Gasteiger partial charge on any atom is 0.119 e. The summed E-state index contributed by atoms with van der Waals surface area (Å²) in [4.78, 5) is 0. The number of benzene rings is 1. The van der Waals surface area contributed by atoms with Crippen molar-refractivity contribution in [3.63, 3.8) is 0 Å². The van der Waals surface area contributed by atoms with Gasteiger partial charge in [-0.05, 0) is 54.2 Å². The third-order valence-corrected chi connectivity index (χ3v) is 4.78. The standard InChI is InChI=1S/C17H26O2/c1-4-17(2,3)13-8-9-15(16(19)11-13)12-6-5-7-14(18)10-12/h8-9,11-12,14,18-19H,4-7,10H2,1-3H3/t12-,14+/m0/s1. The number of phenolic OH excluding ortho intramolecular Hbond substituents is 1. The molecule has 19 heavy (non-hydrogen) atoms. The van der Waals surface area contributed by atoms with Gasteiger partial charge in [0, 0.05) is 0 Å². The van der Waals surface area contributed by atoms with E-state index in [0.29, 0.717) is 11.7 Å². The summed E-state index contributed by atoms with van der Waals surface area (Å²) in [6.45, 7) is 6.57. The summed E-state index contributed by atoms with van der Waals surface area (Å²) in [7, 11) is 0. The number of aliphatic hydroxyl groups is 1. The van der Waals surface area contributed by atoms with E-state index >= 15 is 0 Å². The molecule has 0 bridgehead atoms. The average Bonchev–Trinajstić information content (AvgIpc) is 2.38. The molecule has 1 aliphatic carbocycles. The summed E-state index contributed by atoms with van der Waals surface area (Å²) < 4.78 is 0. The molecule has 0 heterocycles. The highest BCUT2D eigenvalue weighted by molar-refractivity contribution is 5.41. The maximum absolute atomic E-state index is 10.3. The van der Waals surface area contributed by atoms with Crippen molar-refractivity contribution in [2.24, 2.45) is 0 Å². The molecule has 1 aromatic rings. The van der Waals surface area contributed by atoms with E-state index in [4.69, 9.17) is 0 Å². The third kappa shape index (κ3) is 3.11. The zero-order valence-electron chi connectivity index (χ0n) is 12.3. The lowest BCUT2D eigenvalue weighted by atomic mass is 9.78. The minimum Gasteiger partial charge on any atom is -0.508 e. The van der Waals surface area contributed by atoms with Gasteiger partial charge in [-0.2, -0.15) is 0 Å². The molecule has 0 radical (unpaired) electrons. The summed E-state index contributed by atoms with van der Waals surface area (Å²) in [5.41, 5.74) is 2.30. The van der Waals surface area contributed by atoms with Crippen LogP contribution < -0.4 is 0 Å². The molecule has 1 fully saturated rings. The van der Waals surface area contributed by atoms with Gasteiger partial charge in [-0.25, -0.2) is 0 Å². The summed E-state index contributed by atoms with van der Waals surface area (Å²) in [6.07, 6.45) is 4.65. The highest BCUT2D eigenvalue weighted by atomic mass is 16.3. The molecule has 2 nitrogen and oxygen atoms in total. The maximum atomic E-state index is 10.3. The Morgan fingerprint density at radius 1 is 1.26 bits per heavy atom. The molecule has 0 aromatic heterocycles. The van der Waals surface area contributed by atoms with Gasteiger partial charge in [-0.1, -0.05) is 39.3 Å². The zero-order valence-corrected chi connectivity index (χ0v) is 12.3. The van der Waals surface area contributed by atoms with Crippen LogP contribution in [0.2, 0.25) is 0 Å². The molecule has 2 heteroatoms. The van der Waals surface area contributed by atoms with Gasteiger partial charge in [0.15, 0.2) is 0 Å². The summed E-state index contributed by atoms with van der Waals surface area (Å²) >= 11 is 0. The Morgan fingerprint density at radius 2 is 2.00 bits per heavy atom. The molecular weight excluding hydrogens is 236 g/mol. The van der Waals surface area contributed by atoms with Gasteiger partial charge in [-0.15, -0.1) is 0 Å². The quantitative estimate of drug-likeness (QED) is 0.861. The molecule has 1 aromatic carbocycles. The monoisotopic (exact) mass is 262 g/mol. The Hall–Kier alpha value is -1.02. The van der Waals surface area contributed by atoms with Crippen LogP contribution in [0.5, 0.6) is 5.75 Å². The summed E-state index contributed by atoms with van der Waals surface area (Å²) in [5.74, 6) is 0.709. The van der Waals surface area contributed by atoms with Gasteiger partial charge in [0.1, 0.15) is 5.75 Å². The Labute approximate surface area is 116 Å². The van der Waals surface area contributed by atoms with E-state index in [2.05, 4.69) is 32.9 Å². The number of rotatable bonds is 3. The molecule has 2 atom stereocenters. The van der Waals surface area contributed by atoms with Gasteiger partial charge in [0.05, 0.1) is 6.10 Å². The van der Waals surface area contributed by atoms with Crippen molar-refractivity contribution in [1.29, 1.82) is 0 Å². The minimum absolute atomic E-state index is 0.0993. The molecule has 0 saturated heterocycles. The van der Waals surface area contributed by atoms with Gasteiger partial charge >= 0.3 is 0 Å². The predicted octanol–water partition coefficient (Wildman–Crippen LogP) is 4.10. The van der Waals surface area contributed by atoms with Crippen molar-refractivity contribution >= 4 is 0 Å². The molecule has 0 unspecified atom stereocenters. The van der Waals surface area contributed by atoms with Crippen molar-refractivity contribution in [3.8, 4) is 5.75 Å². The topological polar surface area (TPSA) is 40.5 Å². The normalized spacial score (nSPS) is 24.4. The Kier molecular flexibility index (Phi) is 4.19. The predicted molar refractivity (Wildman–Crippen MR) is 78.6 cm³/mol. The van der Waals surface area contributed by atoms with Crippen LogP contribution in [-0.2, 0) is 5.41 Å². The number of aromatic hydroxyl groups is 1. The molecule has 0 amide bonds. The first-order chi connectivity index (χ1) is 8.94. The summed E-state index contributed by atoms with van der Waals surface area (Å²) in [5, 5.41) is 20.1. The van der Waals surface area contributed by atoms with E-state index in [1.165, 1.54) is 5.56 Å². The van der Waals surface area contributed by atoms with E-state index in [0.717, 1.165) is 37.7 Å². The van der Waals surface area contributed by atoms with Crippen LogP contribution >= 0.6 is 0 Å². The molecule has 1 aliphatic rings. The highest BCUT2D eigenvalue weighted by Gasteiger charge is 2.25. The van der Waals surface area contributed by atoms with E-state index in [1.54, 1.807) is 0 Å². The largest absolute Gasteiger partial charge is 0.508 e. The molecule has 0 spiro atoms. The van der Waals surface area contributed by atoms with Crippen LogP contribution in [0.1, 0.15) is 69.9 Å². The van der Waals surface area contributed by atoms with E-state index in [1.807, 2.05) is 6.07 Å². The van der Waals surface area contributed by atoms with Crippen molar-refractivity contribution < 1.29 is 10.2 Å². The second-order valence-corrected chi connectivity index (χ2v) is 6.53. The molecule has 1 saturated carbocycles. The lowest BCUT2D eigenvalue weighted by Crippen LogP contribution is -2.19. The first-order valence-corrected chi connectivity index (χ1v) is 7.45. The van der Waals surface area contributed by atoms with Gasteiger partial charge in [0.25, 0.3) is 0 Å². The van der Waals surface area contributed by atoms with E-state index in [9.17, 15) is 10.2 Å². The van der Waals surface area contributed by atoms with Crippen molar-refractivity contribution in [2.75, 3.05) is 0 Å². The van der Waals surface area contributed by atoms with Crippen LogP contribution in [0.4, 0.5) is 0 Å². The molecule has 2 rings (SSSR count). The second kappa shape index (κ2) is 5.54. The lowest BCUT2D eigenvalue weighted by molar-refractivity contribution is 0.119. The lowest BCUT2D eigenvalue weighted by Gasteiger charge is -2.28. The number of hydrogen-bond acceptors (Lipinski definition) is 2. The van der Waals surface area contributed by atoms with E-state index in [-0.39, 0.29) is 11.5 Å². The Bertz CT molecular complexity index is 437. The van der Waals surface area contributed by atoms with Gasteiger partial charge in [-0.3, -0.25) is 0 Å². The average molecular weight is 262 g/mol. The first-order valence-electron chi connectivity index (χ1n) is 7.45. The second-order valence-electron chi connectivity index (χ2n) is 6.53. The third-order valence-electron chi connectivity index (χ3n) is 4.78. The Morgan fingerprint density at radius 3 is 2.58 bits per heavy atom. The number of hydrogen-bond donors (Lipinski definition) is 2. The Balaban J connectivity index is 2.24. The summed E-state index contributed by atoms with van der Waals surface area (Å²) in [6, 6.07) is 6.12. The number of phenols is 1. The van der Waals surface area contributed by atoms with Gasteiger partial charge < -0.3 is 10.2 Å². The molecule has 106 valence electrons. The SMILES string of the molecule is CCC(C)(C)c1ccc([C@H]2CCC[C@@H](O)C2)c(O)c1. The number of aliphatic hydroxyl groups excluding tert-OH is 1. The van der Waals surface area contributed by atoms with Crippen LogP contribution in [0.25, 0.3) is 0 Å². The van der Waals surface area contributed by atoms with Crippen LogP contribution in [0.15, 0.2) is 18.2 Å². The van der Waals surface area contributed by atoms with Crippen LogP contribution in [0, 0.1) is 0 Å². The van der Waals surface area contributed by atoms with E-state index < -0.39 is 0 Å². The van der Waals surface area contributed by atoms with Crippen molar-refractivity contribution in [1.82, 2.24) is 0 Å². The zero-order chi connectivity index (χ0) is 14.0. The molecule has 2 N–H and O–H groups in total. The first kappa shape index (κ1) is 14.4. The fraction of sp³-hybridized carbons (Fsp3) is 0.647. The minimum atomic E-state index is -0.204. The highest BCUT2D eigenvalue weighted by Crippen LogP contribution is 2.39. The molecule has 0 aliphatic heterocycles. The molecular formula is C17H26O2. The van der Waals surface area contributed by atoms with Crippen molar-refractivity contribution in [2.45, 2.75) is 70.3 Å². The van der Waals surface area contributed by atoms with Gasteiger partial charge in [0.2, 0.25) is 0 Å². The van der Waals surface area contributed by atoms with Crippen LogP contribution in [-0.4, -0.2) is 16.3 Å². The smallest absolute Gasteiger partial charge is 0.119 e.